The third kappa shape index (κ3) is 2.64. The van der Waals surface area contributed by atoms with Crippen LogP contribution in [-0.4, -0.2) is 14.4 Å². The lowest BCUT2D eigenvalue weighted by molar-refractivity contribution is 0.834. The van der Waals surface area contributed by atoms with Crippen LogP contribution in [0, 0.1) is 0 Å². The average Bonchev–Trinajstić information content (AvgIpc) is 2.89. The number of rotatable bonds is 4. The second-order valence-electron chi connectivity index (χ2n) is 5.22. The molecule has 0 saturated heterocycles. The van der Waals surface area contributed by atoms with Gasteiger partial charge >= 0.3 is 0 Å². The van der Waals surface area contributed by atoms with Crippen LogP contribution >= 0.6 is 0 Å². The van der Waals surface area contributed by atoms with Gasteiger partial charge in [-0.15, -0.1) is 0 Å². The summed E-state index contributed by atoms with van der Waals surface area (Å²) in [6.07, 6.45) is 7.83. The minimum Gasteiger partial charge on any atom is -0.380 e. The fourth-order valence-electron chi connectivity index (χ4n) is 2.10. The maximum atomic E-state index is 4.60. The van der Waals surface area contributed by atoms with E-state index in [0.717, 1.165) is 23.6 Å². The van der Waals surface area contributed by atoms with E-state index in [2.05, 4.69) is 58.1 Å². The van der Waals surface area contributed by atoms with Crippen LogP contribution in [0.15, 0.2) is 49.1 Å². The Labute approximate surface area is 118 Å². The van der Waals surface area contributed by atoms with Crippen LogP contribution in [0.5, 0.6) is 0 Å². The molecule has 20 heavy (non-hydrogen) atoms. The topological polar surface area (TPSA) is 42.2 Å². The summed E-state index contributed by atoms with van der Waals surface area (Å²) in [6.45, 7) is 5.08. The second kappa shape index (κ2) is 5.33. The third-order valence-electron chi connectivity index (χ3n) is 3.28. The van der Waals surface area contributed by atoms with Crippen molar-refractivity contribution in [3.05, 3.63) is 60.3 Å². The van der Waals surface area contributed by atoms with Gasteiger partial charge in [-0.1, -0.05) is 19.9 Å². The van der Waals surface area contributed by atoms with Gasteiger partial charge < -0.3 is 9.72 Å². The van der Waals surface area contributed by atoms with Crippen molar-refractivity contribution in [2.75, 3.05) is 5.32 Å². The van der Waals surface area contributed by atoms with Crippen LogP contribution in [0.1, 0.15) is 31.0 Å². The first-order valence-corrected chi connectivity index (χ1v) is 6.84. The largest absolute Gasteiger partial charge is 0.380 e. The van der Waals surface area contributed by atoms with Crippen molar-refractivity contribution in [1.29, 1.82) is 0 Å². The van der Waals surface area contributed by atoms with E-state index < -0.39 is 0 Å². The maximum Gasteiger partial charge on any atom is 0.137 e. The van der Waals surface area contributed by atoms with Crippen molar-refractivity contribution in [1.82, 2.24) is 14.4 Å². The van der Waals surface area contributed by atoms with E-state index >= 15 is 0 Å². The highest BCUT2D eigenvalue weighted by atomic mass is 15.0. The summed E-state index contributed by atoms with van der Waals surface area (Å²) in [5, 5.41) is 3.40. The molecule has 0 amide bonds. The van der Waals surface area contributed by atoms with E-state index in [1.807, 2.05) is 18.3 Å². The summed E-state index contributed by atoms with van der Waals surface area (Å²) in [6, 6.07) is 8.11. The normalized spacial score (nSPS) is 11.2. The fraction of sp³-hybridized carbons (Fsp3) is 0.250. The highest BCUT2D eigenvalue weighted by molar-refractivity contribution is 5.51. The van der Waals surface area contributed by atoms with E-state index in [-0.39, 0.29) is 0 Å². The molecule has 3 heterocycles. The van der Waals surface area contributed by atoms with Gasteiger partial charge in [-0.2, -0.15) is 0 Å². The van der Waals surface area contributed by atoms with E-state index in [1.54, 1.807) is 6.20 Å². The standard InChI is InChI=1S/C16H18N4/c1-12(2)15-11-20-10-14(5-6-16(20)19-15)18-9-13-4-3-7-17-8-13/h3-8,10-12,18H,9H2,1-2H3. The Morgan fingerprint density at radius 3 is 2.85 bits per heavy atom. The molecule has 0 atom stereocenters. The number of pyridine rings is 2. The first-order valence-electron chi connectivity index (χ1n) is 6.84. The fourth-order valence-corrected chi connectivity index (χ4v) is 2.10. The minimum atomic E-state index is 0.446. The molecule has 0 aliphatic carbocycles. The molecule has 1 N–H and O–H groups in total. The first kappa shape index (κ1) is 12.7. The van der Waals surface area contributed by atoms with Gasteiger partial charge in [-0.05, 0) is 29.7 Å². The van der Waals surface area contributed by atoms with Crippen molar-refractivity contribution in [3.63, 3.8) is 0 Å². The van der Waals surface area contributed by atoms with Crippen LogP contribution < -0.4 is 5.32 Å². The minimum absolute atomic E-state index is 0.446. The van der Waals surface area contributed by atoms with E-state index in [9.17, 15) is 0 Å². The summed E-state index contributed by atoms with van der Waals surface area (Å²) < 4.78 is 2.07. The molecule has 0 unspecified atom stereocenters. The highest BCUT2D eigenvalue weighted by Gasteiger charge is 2.05. The summed E-state index contributed by atoms with van der Waals surface area (Å²) >= 11 is 0. The molecule has 3 aromatic rings. The lowest BCUT2D eigenvalue weighted by atomic mass is 10.2. The van der Waals surface area contributed by atoms with Crippen LogP contribution in [0.4, 0.5) is 5.69 Å². The van der Waals surface area contributed by atoms with Crippen LogP contribution in [0.3, 0.4) is 0 Å². The van der Waals surface area contributed by atoms with E-state index in [4.69, 9.17) is 0 Å². The molecule has 0 bridgehead atoms. The Morgan fingerprint density at radius 2 is 2.10 bits per heavy atom. The third-order valence-corrected chi connectivity index (χ3v) is 3.28. The second-order valence-corrected chi connectivity index (χ2v) is 5.22. The van der Waals surface area contributed by atoms with Crippen molar-refractivity contribution in [2.24, 2.45) is 0 Å². The zero-order valence-corrected chi connectivity index (χ0v) is 11.7. The Morgan fingerprint density at radius 1 is 1.20 bits per heavy atom. The Bertz CT molecular complexity index is 701. The SMILES string of the molecule is CC(C)c1cn2cc(NCc3cccnc3)ccc2n1. The van der Waals surface area contributed by atoms with Crippen LogP contribution in [-0.2, 0) is 6.54 Å². The molecule has 102 valence electrons. The lowest BCUT2D eigenvalue weighted by Gasteiger charge is -2.06. The van der Waals surface area contributed by atoms with Gasteiger partial charge in [0.1, 0.15) is 5.65 Å². The molecule has 0 aromatic carbocycles. The van der Waals surface area contributed by atoms with Gasteiger partial charge in [0.15, 0.2) is 0 Å². The number of anilines is 1. The predicted molar refractivity (Wildman–Crippen MR) is 80.8 cm³/mol. The molecule has 0 aliphatic heterocycles. The van der Waals surface area contributed by atoms with Crippen molar-refractivity contribution >= 4 is 11.3 Å². The number of nitrogens with zero attached hydrogens (tertiary/aromatic N) is 3. The zero-order chi connectivity index (χ0) is 13.9. The number of hydrogen-bond donors (Lipinski definition) is 1. The molecular formula is C16H18N4. The maximum absolute atomic E-state index is 4.60. The number of nitrogens with one attached hydrogen (secondary N) is 1. The molecule has 4 nitrogen and oxygen atoms in total. The zero-order valence-electron chi connectivity index (χ0n) is 11.7. The molecule has 0 aliphatic rings. The van der Waals surface area contributed by atoms with Crippen molar-refractivity contribution in [3.8, 4) is 0 Å². The van der Waals surface area contributed by atoms with Crippen molar-refractivity contribution in [2.45, 2.75) is 26.3 Å². The van der Waals surface area contributed by atoms with E-state index in [1.165, 1.54) is 5.56 Å². The average molecular weight is 266 g/mol. The molecule has 0 radical (unpaired) electrons. The lowest BCUT2D eigenvalue weighted by Crippen LogP contribution is -2.00. The smallest absolute Gasteiger partial charge is 0.137 e. The quantitative estimate of drug-likeness (QED) is 0.786. The van der Waals surface area contributed by atoms with Crippen LogP contribution in [0.2, 0.25) is 0 Å². The molecule has 0 spiro atoms. The Kier molecular flexibility index (Phi) is 3.37. The van der Waals surface area contributed by atoms with Crippen molar-refractivity contribution < 1.29 is 0 Å². The molecule has 3 aromatic heterocycles. The molecule has 0 saturated carbocycles. The summed E-state index contributed by atoms with van der Waals surface area (Å²) in [5.41, 5.74) is 4.35. The Hall–Kier alpha value is -2.36. The monoisotopic (exact) mass is 266 g/mol. The van der Waals surface area contributed by atoms with E-state index in [0.29, 0.717) is 5.92 Å². The number of aromatic nitrogens is 3. The number of imidazole rings is 1. The molecule has 0 fully saturated rings. The molecular weight excluding hydrogens is 248 g/mol. The van der Waals surface area contributed by atoms with Gasteiger partial charge in [0.2, 0.25) is 0 Å². The van der Waals surface area contributed by atoms with Gasteiger partial charge in [0.05, 0.1) is 11.4 Å². The summed E-state index contributed by atoms with van der Waals surface area (Å²) in [7, 11) is 0. The van der Waals surface area contributed by atoms with Gasteiger partial charge in [0.25, 0.3) is 0 Å². The van der Waals surface area contributed by atoms with Crippen LogP contribution in [0.25, 0.3) is 5.65 Å². The predicted octanol–water partition coefficient (Wildman–Crippen LogP) is 3.46. The Balaban J connectivity index is 1.78. The van der Waals surface area contributed by atoms with Gasteiger partial charge in [-0.3, -0.25) is 4.98 Å². The summed E-state index contributed by atoms with van der Waals surface area (Å²) in [5.74, 6) is 0.446. The summed E-state index contributed by atoms with van der Waals surface area (Å²) in [4.78, 5) is 8.71. The highest BCUT2D eigenvalue weighted by Crippen LogP contribution is 2.17. The number of fused-ring (bicyclic) bond motifs is 1. The van der Waals surface area contributed by atoms with Gasteiger partial charge in [-0.25, -0.2) is 4.98 Å². The van der Waals surface area contributed by atoms with Gasteiger partial charge in [0, 0.05) is 31.3 Å². The number of hydrogen-bond acceptors (Lipinski definition) is 3. The molecule has 4 heteroatoms. The molecule has 3 rings (SSSR count). The first-order chi connectivity index (χ1) is 9.72.